The number of nitrogens with zero attached hydrogens (tertiary/aromatic N) is 6. The largest absolute Gasteiger partial charge is 0.494 e. The van der Waals surface area contributed by atoms with Crippen molar-refractivity contribution in [2.24, 2.45) is 0 Å². The monoisotopic (exact) mass is 1230 g/mol. The van der Waals surface area contributed by atoms with Crippen LogP contribution in [0.3, 0.4) is 0 Å². The van der Waals surface area contributed by atoms with Crippen LogP contribution >= 0.6 is 15.9 Å². The number of hydrogen-bond acceptors (Lipinski definition) is 12. The lowest BCUT2D eigenvalue weighted by atomic mass is 9.49. The summed E-state index contributed by atoms with van der Waals surface area (Å²) in [5.41, 5.74) is 15.6. The van der Waals surface area contributed by atoms with Crippen molar-refractivity contribution in [1.82, 2.24) is 29.9 Å². The summed E-state index contributed by atoms with van der Waals surface area (Å²) in [4.78, 5) is 26.5. The fourth-order valence-electron chi connectivity index (χ4n) is 10.3. The molecule has 0 radical (unpaired) electrons. The Labute approximate surface area is 527 Å². The molecule has 0 bridgehead atoms. The first kappa shape index (κ1) is 61.8. The molecular weight excluding hydrogens is 1160 g/mol. The van der Waals surface area contributed by atoms with Gasteiger partial charge in [0, 0.05) is 76.3 Å². The van der Waals surface area contributed by atoms with Crippen LogP contribution in [0.2, 0.25) is 0 Å². The molecule has 0 spiro atoms. The van der Waals surface area contributed by atoms with Crippen LogP contribution in [-0.4, -0.2) is 84.6 Å². The fourth-order valence-corrected chi connectivity index (χ4v) is 10.7. The standard InChI is InChI=1S/C33H30BN3O2.C27H18BrN3.C12H24B2O4/c1-32(2)33(3,4)39-34(38-32)29-10-6-9-27(20-29)25-7-5-8-26(19-25)28-21-30(23-11-15-35-16-12-23)37-31(22-28)24-13-17-36-18-14-24;28-25-6-2-5-23(16-25)21-3-1-4-22(15-21)24-17-26(19-7-11-29-12-8-19)31-27(18-24)20-9-13-30-14-10-20;1-9(2)10(3,4)16-13(15-9)14-17-11(5,6)12(7,8)18-14/h5-22H,1-4H3;1-18H;1-8H3. The Balaban J connectivity index is 0.000000146. The van der Waals surface area contributed by atoms with Crippen LogP contribution < -0.4 is 5.46 Å². The second-order valence-electron chi connectivity index (χ2n) is 25.3. The van der Waals surface area contributed by atoms with E-state index < -0.39 is 21.1 Å². The summed E-state index contributed by atoms with van der Waals surface area (Å²) in [5.74, 6) is 0. The average molecular weight is 1230 g/mol. The van der Waals surface area contributed by atoms with E-state index in [2.05, 4.69) is 179 Å². The van der Waals surface area contributed by atoms with Crippen molar-refractivity contribution in [3.8, 4) is 89.5 Å². The molecule has 12 nitrogen and oxygen atoms in total. The van der Waals surface area contributed by atoms with Crippen molar-refractivity contribution in [1.29, 1.82) is 0 Å². The minimum absolute atomic E-state index is 0.360. The summed E-state index contributed by atoms with van der Waals surface area (Å²) in [6, 6.07) is 58.5. The summed E-state index contributed by atoms with van der Waals surface area (Å²) >= 11 is 3.58. The summed E-state index contributed by atoms with van der Waals surface area (Å²) in [6.45, 7) is 24.5. The van der Waals surface area contributed by atoms with Crippen molar-refractivity contribution >= 4 is 42.5 Å². The number of pyridine rings is 6. The molecule has 0 unspecified atom stereocenters. The molecule has 442 valence electrons. The maximum atomic E-state index is 6.31. The van der Waals surface area contributed by atoms with Crippen LogP contribution in [-0.2, 0) is 27.9 Å². The van der Waals surface area contributed by atoms with E-state index in [0.717, 1.165) is 88.3 Å². The lowest BCUT2D eigenvalue weighted by Crippen LogP contribution is -2.41. The SMILES string of the molecule is Brc1cccc(-c2cccc(-c3cc(-c4ccncc4)nc(-c4ccncc4)c3)c2)c1.CC1(C)OB(B2OC(C)(C)C(C)(C)O2)OC1(C)C.CC1(C)OB(c2cccc(-c3cccc(-c4cc(-c5ccncc5)nc(-c5ccncc5)c4)c3)c2)OC1(C)C. The number of rotatable bonds is 10. The second kappa shape index (κ2) is 25.0. The molecule has 3 aliphatic rings. The molecular formula is C72H72B3BrN6O6. The molecule has 6 aromatic heterocycles. The average Bonchev–Trinajstić information content (AvgIpc) is 1.71. The molecule has 88 heavy (non-hydrogen) atoms. The summed E-state index contributed by atoms with van der Waals surface area (Å²) in [5, 5.41) is 0. The molecule has 3 saturated heterocycles. The van der Waals surface area contributed by atoms with Gasteiger partial charge in [-0.15, -0.1) is 0 Å². The van der Waals surface area contributed by atoms with Crippen molar-refractivity contribution in [2.45, 2.75) is 117 Å². The van der Waals surface area contributed by atoms with E-state index in [1.807, 2.05) is 110 Å². The molecule has 16 heteroatoms. The van der Waals surface area contributed by atoms with E-state index in [4.69, 9.17) is 37.9 Å². The molecule has 0 aliphatic carbocycles. The Morgan fingerprint density at radius 1 is 0.273 bits per heavy atom. The zero-order valence-corrected chi connectivity index (χ0v) is 53.6. The highest BCUT2D eigenvalue weighted by Crippen LogP contribution is 2.44. The Hall–Kier alpha value is -7.79. The molecule has 3 fully saturated rings. The van der Waals surface area contributed by atoms with E-state index in [0.29, 0.717) is 0 Å². The van der Waals surface area contributed by atoms with Gasteiger partial charge in [-0.25, -0.2) is 9.97 Å². The zero-order chi connectivity index (χ0) is 62.1. The van der Waals surface area contributed by atoms with Gasteiger partial charge < -0.3 is 27.9 Å². The predicted molar refractivity (Wildman–Crippen MR) is 359 cm³/mol. The van der Waals surface area contributed by atoms with Crippen molar-refractivity contribution < 1.29 is 27.9 Å². The fraction of sp³-hybridized carbons (Fsp3) is 0.250. The van der Waals surface area contributed by atoms with Gasteiger partial charge in [0.05, 0.1) is 56.4 Å². The molecule has 0 atom stereocenters. The molecule has 3 aliphatic heterocycles. The Kier molecular flexibility index (Phi) is 17.6. The molecule has 0 N–H and O–H groups in total. The smallest absolute Gasteiger partial charge is 0.405 e. The molecule has 9 heterocycles. The van der Waals surface area contributed by atoms with Crippen molar-refractivity contribution in [3.05, 3.63) is 224 Å². The third kappa shape index (κ3) is 13.6. The number of aromatic nitrogens is 6. The minimum atomic E-state index is -0.476. The molecule has 0 amide bonds. The highest BCUT2D eigenvalue weighted by atomic mass is 79.9. The normalized spacial score (nSPS) is 17.4. The van der Waals surface area contributed by atoms with Crippen molar-refractivity contribution in [3.63, 3.8) is 0 Å². The lowest BCUT2D eigenvalue weighted by molar-refractivity contribution is 0.00578. The van der Waals surface area contributed by atoms with Gasteiger partial charge >= 0.3 is 21.1 Å². The lowest BCUT2D eigenvalue weighted by Gasteiger charge is -2.32. The Bertz CT molecular complexity index is 3870. The Morgan fingerprint density at radius 3 is 0.852 bits per heavy atom. The quantitative estimate of drug-likeness (QED) is 0.121. The summed E-state index contributed by atoms with van der Waals surface area (Å²) < 4.78 is 37.5. The minimum Gasteiger partial charge on any atom is -0.405 e. The van der Waals surface area contributed by atoms with E-state index in [-0.39, 0.29) is 33.6 Å². The van der Waals surface area contributed by atoms with Gasteiger partial charge in [0.1, 0.15) is 0 Å². The zero-order valence-electron chi connectivity index (χ0n) is 52.0. The molecule has 4 aromatic carbocycles. The predicted octanol–water partition coefficient (Wildman–Crippen LogP) is 16.4. The van der Waals surface area contributed by atoms with Crippen LogP contribution in [0, 0.1) is 0 Å². The van der Waals surface area contributed by atoms with Gasteiger partial charge in [-0.05, 0) is 230 Å². The van der Waals surface area contributed by atoms with E-state index >= 15 is 0 Å². The first-order valence-corrected chi connectivity index (χ1v) is 30.5. The van der Waals surface area contributed by atoms with Gasteiger partial charge in [-0.1, -0.05) is 88.7 Å². The third-order valence-electron chi connectivity index (χ3n) is 17.6. The van der Waals surface area contributed by atoms with Crippen LogP contribution in [0.15, 0.2) is 224 Å². The van der Waals surface area contributed by atoms with Crippen LogP contribution in [0.25, 0.3) is 89.5 Å². The highest BCUT2D eigenvalue weighted by Gasteiger charge is 2.64. The van der Waals surface area contributed by atoms with Gasteiger partial charge in [-0.3, -0.25) is 19.9 Å². The van der Waals surface area contributed by atoms with Gasteiger partial charge in [0.2, 0.25) is 0 Å². The molecule has 13 rings (SSSR count). The molecule has 0 saturated carbocycles. The maximum Gasteiger partial charge on any atom is 0.494 e. The second-order valence-corrected chi connectivity index (χ2v) is 26.2. The maximum absolute atomic E-state index is 6.31. The van der Waals surface area contributed by atoms with Gasteiger partial charge in [0.25, 0.3) is 0 Å². The van der Waals surface area contributed by atoms with Crippen LogP contribution in [0.1, 0.15) is 83.1 Å². The first-order chi connectivity index (χ1) is 41.9. The van der Waals surface area contributed by atoms with E-state index in [1.165, 1.54) is 11.1 Å². The van der Waals surface area contributed by atoms with Crippen molar-refractivity contribution in [2.75, 3.05) is 0 Å². The highest BCUT2D eigenvalue weighted by molar-refractivity contribution is 9.10. The van der Waals surface area contributed by atoms with Gasteiger partial charge in [0.15, 0.2) is 0 Å². The Morgan fingerprint density at radius 2 is 0.534 bits per heavy atom. The summed E-state index contributed by atoms with van der Waals surface area (Å²) in [6.07, 6.45) is 14.4. The van der Waals surface area contributed by atoms with Crippen LogP contribution in [0.5, 0.6) is 0 Å². The van der Waals surface area contributed by atoms with E-state index in [1.54, 1.807) is 49.6 Å². The molecule has 10 aromatic rings. The summed E-state index contributed by atoms with van der Waals surface area (Å²) in [7, 11) is -1.35. The first-order valence-electron chi connectivity index (χ1n) is 29.7. The number of halogens is 1. The number of hydrogen-bond donors (Lipinski definition) is 0. The third-order valence-corrected chi connectivity index (χ3v) is 18.1. The number of benzene rings is 4. The topological polar surface area (TPSA) is 133 Å². The van der Waals surface area contributed by atoms with E-state index in [9.17, 15) is 0 Å². The van der Waals surface area contributed by atoms with Crippen LogP contribution in [0.4, 0.5) is 0 Å². The van der Waals surface area contributed by atoms with Gasteiger partial charge in [-0.2, -0.15) is 0 Å².